The number of benzene rings is 1. The fourth-order valence-corrected chi connectivity index (χ4v) is 2.79. The zero-order chi connectivity index (χ0) is 13.4. The van der Waals surface area contributed by atoms with Crippen molar-refractivity contribution in [2.75, 3.05) is 19.6 Å². The second kappa shape index (κ2) is 4.98. The highest BCUT2D eigenvalue weighted by molar-refractivity contribution is 5.97. The molecule has 0 N–H and O–H groups in total. The zero-order valence-electron chi connectivity index (χ0n) is 10.4. The molecule has 2 aliphatic rings. The summed E-state index contributed by atoms with van der Waals surface area (Å²) < 4.78 is 31.6. The molecule has 2 saturated heterocycles. The van der Waals surface area contributed by atoms with Crippen molar-refractivity contribution in [3.63, 3.8) is 0 Å². The first kappa shape index (κ1) is 12.7. The quantitative estimate of drug-likeness (QED) is 0.785. The standard InChI is InChI=1S/C14H15F2NO2/c15-12-4-1-9(5-13(12)16)14(18)8-17-6-10-2-3-11(7-17)19-10/h1,4-5,10-11H,2-3,6-8H2. The Balaban J connectivity index is 1.66. The van der Waals surface area contributed by atoms with Crippen LogP contribution in [0.15, 0.2) is 18.2 Å². The molecule has 102 valence electrons. The number of rotatable bonds is 3. The number of likely N-dealkylation sites (tertiary alicyclic amines) is 1. The Morgan fingerprint density at radius 2 is 1.89 bits per heavy atom. The summed E-state index contributed by atoms with van der Waals surface area (Å²) >= 11 is 0. The molecule has 0 radical (unpaired) electrons. The van der Waals surface area contributed by atoms with Crippen molar-refractivity contribution in [3.05, 3.63) is 35.4 Å². The number of hydrogen-bond donors (Lipinski definition) is 0. The van der Waals surface area contributed by atoms with E-state index in [0.717, 1.165) is 38.1 Å². The fraction of sp³-hybridized carbons (Fsp3) is 0.500. The van der Waals surface area contributed by atoms with Crippen LogP contribution in [0, 0.1) is 11.6 Å². The third-order valence-electron chi connectivity index (χ3n) is 3.73. The number of halogens is 2. The van der Waals surface area contributed by atoms with Gasteiger partial charge in [-0.1, -0.05) is 0 Å². The number of morpholine rings is 1. The molecule has 0 amide bonds. The maximum Gasteiger partial charge on any atom is 0.176 e. The largest absolute Gasteiger partial charge is 0.372 e. The van der Waals surface area contributed by atoms with E-state index in [1.54, 1.807) is 0 Å². The summed E-state index contributed by atoms with van der Waals surface area (Å²) in [6.45, 7) is 1.72. The molecule has 5 heteroatoms. The lowest BCUT2D eigenvalue weighted by atomic mass is 10.1. The Morgan fingerprint density at radius 1 is 1.21 bits per heavy atom. The highest BCUT2D eigenvalue weighted by Gasteiger charge is 2.34. The summed E-state index contributed by atoms with van der Waals surface area (Å²) in [6, 6.07) is 3.29. The Morgan fingerprint density at radius 3 is 2.53 bits per heavy atom. The second-order valence-electron chi connectivity index (χ2n) is 5.20. The highest BCUT2D eigenvalue weighted by atomic mass is 19.2. The van der Waals surface area contributed by atoms with Crippen molar-refractivity contribution >= 4 is 5.78 Å². The number of ether oxygens (including phenoxy) is 1. The number of ketones is 1. The molecule has 0 saturated carbocycles. The van der Waals surface area contributed by atoms with E-state index in [-0.39, 0.29) is 30.1 Å². The number of fused-ring (bicyclic) bond motifs is 2. The van der Waals surface area contributed by atoms with Crippen molar-refractivity contribution < 1.29 is 18.3 Å². The third-order valence-corrected chi connectivity index (χ3v) is 3.73. The maximum atomic E-state index is 13.1. The van der Waals surface area contributed by atoms with E-state index >= 15 is 0 Å². The summed E-state index contributed by atoms with van der Waals surface area (Å²) in [5.74, 6) is -2.09. The van der Waals surface area contributed by atoms with E-state index in [1.165, 1.54) is 6.07 Å². The highest BCUT2D eigenvalue weighted by Crippen LogP contribution is 2.26. The number of carbonyl (C=O) groups excluding carboxylic acids is 1. The van der Waals surface area contributed by atoms with E-state index in [2.05, 4.69) is 0 Å². The Labute approximate surface area is 110 Å². The van der Waals surface area contributed by atoms with Gasteiger partial charge in [0.05, 0.1) is 18.8 Å². The molecule has 3 rings (SSSR count). The molecule has 0 spiro atoms. The van der Waals surface area contributed by atoms with Crippen LogP contribution in [-0.4, -0.2) is 42.5 Å². The molecular formula is C14H15F2NO2. The molecular weight excluding hydrogens is 252 g/mol. The molecule has 2 bridgehead atoms. The average Bonchev–Trinajstić information content (AvgIpc) is 2.72. The molecule has 1 aromatic rings. The molecule has 0 aromatic heterocycles. The van der Waals surface area contributed by atoms with Gasteiger partial charge in [0.25, 0.3) is 0 Å². The Kier molecular flexibility index (Phi) is 3.33. The van der Waals surface area contributed by atoms with Crippen LogP contribution in [-0.2, 0) is 4.74 Å². The lowest BCUT2D eigenvalue weighted by Gasteiger charge is -2.31. The maximum absolute atomic E-state index is 13.1. The minimum absolute atomic E-state index is 0.180. The SMILES string of the molecule is O=C(CN1CC2CCC(C1)O2)c1ccc(F)c(F)c1. The summed E-state index contributed by atoms with van der Waals surface area (Å²) in [4.78, 5) is 14.1. The van der Waals surface area contributed by atoms with Gasteiger partial charge >= 0.3 is 0 Å². The average molecular weight is 267 g/mol. The van der Waals surface area contributed by atoms with Gasteiger partial charge in [0.15, 0.2) is 17.4 Å². The van der Waals surface area contributed by atoms with E-state index in [4.69, 9.17) is 4.74 Å². The van der Waals surface area contributed by atoms with Crippen LogP contribution in [0.1, 0.15) is 23.2 Å². The molecule has 2 unspecified atom stereocenters. The zero-order valence-corrected chi connectivity index (χ0v) is 10.4. The molecule has 3 nitrogen and oxygen atoms in total. The van der Waals surface area contributed by atoms with Gasteiger partial charge in [-0.15, -0.1) is 0 Å². The molecule has 2 atom stereocenters. The second-order valence-corrected chi connectivity index (χ2v) is 5.20. The Bertz CT molecular complexity index is 494. The topological polar surface area (TPSA) is 29.5 Å². The van der Waals surface area contributed by atoms with Crippen LogP contribution < -0.4 is 0 Å². The number of Topliss-reactive ketones (excluding diaryl/α,β-unsaturated/α-hetero) is 1. The van der Waals surface area contributed by atoms with Gasteiger partial charge in [-0.3, -0.25) is 9.69 Å². The predicted molar refractivity (Wildman–Crippen MR) is 65.0 cm³/mol. The third kappa shape index (κ3) is 2.67. The van der Waals surface area contributed by atoms with Gasteiger partial charge in [0.2, 0.25) is 0 Å². The molecule has 0 aliphatic carbocycles. The van der Waals surface area contributed by atoms with Crippen molar-refractivity contribution in [2.24, 2.45) is 0 Å². The normalized spacial score (nSPS) is 26.6. The lowest BCUT2D eigenvalue weighted by Crippen LogP contribution is -2.44. The molecule has 19 heavy (non-hydrogen) atoms. The van der Waals surface area contributed by atoms with Gasteiger partial charge in [0.1, 0.15) is 0 Å². The predicted octanol–water partition coefficient (Wildman–Crippen LogP) is 2.01. The summed E-state index contributed by atoms with van der Waals surface area (Å²) in [7, 11) is 0. The van der Waals surface area contributed by atoms with E-state index < -0.39 is 11.6 Å². The van der Waals surface area contributed by atoms with Crippen molar-refractivity contribution in [2.45, 2.75) is 25.0 Å². The summed E-state index contributed by atoms with van der Waals surface area (Å²) in [6.07, 6.45) is 2.52. The molecule has 1 aromatic carbocycles. The van der Waals surface area contributed by atoms with Gasteiger partial charge in [-0.25, -0.2) is 8.78 Å². The number of hydrogen-bond acceptors (Lipinski definition) is 3. The van der Waals surface area contributed by atoms with Crippen LogP contribution in [0.2, 0.25) is 0 Å². The van der Waals surface area contributed by atoms with Crippen LogP contribution in [0.3, 0.4) is 0 Å². The smallest absolute Gasteiger partial charge is 0.176 e. The minimum Gasteiger partial charge on any atom is -0.372 e. The van der Waals surface area contributed by atoms with Gasteiger partial charge < -0.3 is 4.74 Å². The minimum atomic E-state index is -0.979. The van der Waals surface area contributed by atoms with Gasteiger partial charge in [0, 0.05) is 18.7 Å². The summed E-state index contributed by atoms with van der Waals surface area (Å²) in [5, 5.41) is 0. The summed E-state index contributed by atoms with van der Waals surface area (Å²) in [5.41, 5.74) is 0.220. The molecule has 2 fully saturated rings. The van der Waals surface area contributed by atoms with Crippen molar-refractivity contribution in [1.82, 2.24) is 4.90 Å². The van der Waals surface area contributed by atoms with Crippen LogP contribution in [0.4, 0.5) is 8.78 Å². The first-order valence-corrected chi connectivity index (χ1v) is 6.48. The fourth-order valence-electron chi connectivity index (χ4n) is 2.79. The van der Waals surface area contributed by atoms with Crippen molar-refractivity contribution in [1.29, 1.82) is 0 Å². The van der Waals surface area contributed by atoms with Crippen LogP contribution in [0.25, 0.3) is 0 Å². The monoisotopic (exact) mass is 267 g/mol. The van der Waals surface area contributed by atoms with Crippen LogP contribution >= 0.6 is 0 Å². The van der Waals surface area contributed by atoms with E-state index in [1.807, 2.05) is 4.90 Å². The van der Waals surface area contributed by atoms with Crippen molar-refractivity contribution in [3.8, 4) is 0 Å². The lowest BCUT2D eigenvalue weighted by molar-refractivity contribution is -0.0355. The first-order chi connectivity index (χ1) is 9.11. The van der Waals surface area contributed by atoms with Crippen LogP contribution in [0.5, 0.6) is 0 Å². The van der Waals surface area contributed by atoms with Gasteiger partial charge in [-0.2, -0.15) is 0 Å². The molecule has 2 aliphatic heterocycles. The number of carbonyl (C=O) groups is 1. The van der Waals surface area contributed by atoms with E-state index in [0.29, 0.717) is 0 Å². The first-order valence-electron chi connectivity index (χ1n) is 6.48. The number of nitrogens with zero attached hydrogens (tertiary/aromatic N) is 1. The van der Waals surface area contributed by atoms with Gasteiger partial charge in [-0.05, 0) is 31.0 Å². The molecule has 2 heterocycles. The van der Waals surface area contributed by atoms with E-state index in [9.17, 15) is 13.6 Å². The Hall–Kier alpha value is -1.33.